The van der Waals surface area contributed by atoms with Gasteiger partial charge in [0.1, 0.15) is 146 Å². The van der Waals surface area contributed by atoms with Crippen LogP contribution in [-0.2, 0) is 56.8 Å². The van der Waals surface area contributed by atoms with Crippen molar-refractivity contribution in [2.24, 2.45) is 45.3 Å². The lowest BCUT2D eigenvalue weighted by Crippen LogP contribution is -2.67. The van der Waals surface area contributed by atoms with E-state index in [1.54, 1.807) is 0 Å². The van der Waals surface area contributed by atoms with Gasteiger partial charge in [0, 0.05) is 10.8 Å². The second-order valence-electron chi connectivity index (χ2n) is 31.5. The SMILES string of the molecule is CC(CC[C@@H](O[C@@H]1O[C@H](CO[C@@H]2O[C@H](CO)[C@@H](O)[C@H](O)[C@H]2O)[C@@H](O)[C@H](O)[C@H]1O[C@@H]1O[C@H](CO)[C@@H](O[C@@H]2O[C@H](CO)C(O)[C@H](O)C2O)[C@H](O)[C@H]1O)C(C)(C)O)C1CC[C@@]2(C)[C@@H]3CC=C4[C@@H](CC[C@H](O[C@@H]5O[C@H](CO[C@@H]6O[C@H](CO)[C@@H](O)[C@H](O)[C@H]6O)[C@@H](O)[C@H](O)[C@H]5O)C4(C)C)[C@]3(C)[C@H](O)C[C@]12C. The first kappa shape index (κ1) is 80.9. The topological polar surface area (TPSA) is 556 Å². The molecule has 0 radical (unpaired) electrons. The van der Waals surface area contributed by atoms with Crippen LogP contribution in [0.5, 0.6) is 0 Å². The van der Waals surface area contributed by atoms with Gasteiger partial charge in [-0.25, -0.2) is 0 Å². The first-order valence-electron chi connectivity index (χ1n) is 35.1. The number of fused-ring (bicyclic) bond motifs is 5. The predicted octanol–water partition coefficient (Wildman–Crippen LogP) is -7.58. The summed E-state index contributed by atoms with van der Waals surface area (Å²) >= 11 is 0. The van der Waals surface area contributed by atoms with Crippen LogP contribution in [0, 0.1) is 45.3 Å². The predicted molar refractivity (Wildman–Crippen MR) is 333 cm³/mol. The van der Waals surface area contributed by atoms with E-state index in [-0.39, 0.29) is 35.5 Å². The molecule has 0 amide bonds. The third kappa shape index (κ3) is 14.8. The lowest BCUT2D eigenvalue weighted by atomic mass is 9.38. The van der Waals surface area contributed by atoms with Gasteiger partial charge < -0.3 is 169 Å². The van der Waals surface area contributed by atoms with E-state index < -0.39 is 264 Å². The Morgan fingerprint density at radius 1 is 0.460 bits per heavy atom. The van der Waals surface area contributed by atoms with Gasteiger partial charge in [0.2, 0.25) is 0 Å². The van der Waals surface area contributed by atoms with Gasteiger partial charge in [-0.1, -0.05) is 53.2 Å². The molecule has 0 aromatic rings. The number of allylic oxidation sites excluding steroid dienone is 1. The second kappa shape index (κ2) is 31.5. The monoisotopic (exact) mass is 1450 g/mol. The number of rotatable bonds is 23. The zero-order valence-corrected chi connectivity index (χ0v) is 57.6. The summed E-state index contributed by atoms with van der Waals surface area (Å²) in [5.74, 6) is -0.201. The van der Waals surface area contributed by atoms with Gasteiger partial charge >= 0.3 is 0 Å². The van der Waals surface area contributed by atoms with Crippen molar-refractivity contribution in [1.29, 1.82) is 0 Å². The van der Waals surface area contributed by atoms with Crippen LogP contribution in [-0.4, -0.2) is 360 Å². The fraction of sp³-hybridized carbons (Fsp3) is 0.970. The maximum Gasteiger partial charge on any atom is 0.187 e. The smallest absolute Gasteiger partial charge is 0.187 e. The molecule has 40 atom stereocenters. The molecule has 4 unspecified atom stereocenters. The van der Waals surface area contributed by atoms with Gasteiger partial charge in [0.25, 0.3) is 0 Å². The summed E-state index contributed by atoms with van der Waals surface area (Å²) in [6.45, 7) is 11.3. The largest absolute Gasteiger partial charge is 0.394 e. The van der Waals surface area contributed by atoms with Gasteiger partial charge in [-0.2, -0.15) is 0 Å². The highest BCUT2D eigenvalue weighted by Crippen LogP contribution is 2.75. The second-order valence-corrected chi connectivity index (χ2v) is 31.5. The summed E-state index contributed by atoms with van der Waals surface area (Å²) in [6, 6.07) is 0. The molecule has 0 spiro atoms. The normalized spacial score (nSPS) is 52.1. The molecule has 0 bridgehead atoms. The van der Waals surface area contributed by atoms with Crippen molar-refractivity contribution in [2.45, 2.75) is 315 Å². The van der Waals surface area contributed by atoms with Crippen LogP contribution in [0.1, 0.15) is 107 Å². The summed E-state index contributed by atoms with van der Waals surface area (Å²) < 4.78 is 71.2. The third-order valence-electron chi connectivity index (χ3n) is 25.0. The Kier molecular flexibility index (Phi) is 25.5. The molecule has 9 fully saturated rings. The van der Waals surface area contributed by atoms with Crippen molar-refractivity contribution in [3.63, 3.8) is 0 Å². The van der Waals surface area contributed by atoms with Crippen LogP contribution < -0.4 is 0 Å². The quantitative estimate of drug-likeness (QED) is 0.0423. The van der Waals surface area contributed by atoms with Gasteiger partial charge in [-0.3, -0.25) is 0 Å². The molecule has 6 saturated heterocycles. The van der Waals surface area contributed by atoms with Crippen molar-refractivity contribution >= 4 is 0 Å². The van der Waals surface area contributed by atoms with Crippen LogP contribution in [0.25, 0.3) is 0 Å². The Morgan fingerprint density at radius 2 is 0.870 bits per heavy atom. The molecule has 3 saturated carbocycles. The van der Waals surface area contributed by atoms with Crippen molar-refractivity contribution in [3.8, 4) is 0 Å². The minimum Gasteiger partial charge on any atom is -0.394 e. The first-order chi connectivity index (χ1) is 46.9. The van der Waals surface area contributed by atoms with Gasteiger partial charge in [-0.15, -0.1) is 0 Å². The Bertz CT molecular complexity index is 2670. The van der Waals surface area contributed by atoms with Gasteiger partial charge in [-0.05, 0) is 99.7 Å². The molecule has 10 rings (SSSR count). The number of aliphatic hydroxyl groups is 22. The van der Waals surface area contributed by atoms with Crippen LogP contribution in [0.3, 0.4) is 0 Å². The maximum absolute atomic E-state index is 12.9. The Balaban J connectivity index is 0.831. The fourth-order valence-corrected chi connectivity index (χ4v) is 18.5. The standard InChI is InChI=1S/C66H112O34/c1-24(25-15-16-64(6)34-12-10-26-27(66(34,8)35(71)17-65(25,64)7)11-14-36(62(26,2)3)97-58-51(85)46(80)41(75)32(95-58)22-89-56-49(83)43(77)38(72)28(18-67)91-56)9-13-37(63(4,5)88)98-61-55(47(81)42(76)33(96-61)23-90-57-50(84)44(78)39(73)29(19-68)92-57)100-60-53(87)48(82)54(31(21-70)94-60)99-59-52(86)45(79)40(74)30(20-69)93-59/h10,24-25,27-61,67-88H,9,11-23H2,1-8H3/t24?,25?,27-,28-,29-,30-,31-,32-,33-,34+,35-,36+,37-,38-,39-,40?,41-,42-,43+,44+,45+,46+,47+,48-,49-,50-,51-,52?,53-,54-,55-,56-,57-,58+,59+,60+,61+,64+,65-,66+/m1/s1. The lowest BCUT2D eigenvalue weighted by Gasteiger charge is -2.67. The van der Waals surface area contributed by atoms with E-state index in [0.29, 0.717) is 32.1 Å². The van der Waals surface area contributed by atoms with E-state index in [9.17, 15) is 112 Å². The fourth-order valence-electron chi connectivity index (χ4n) is 18.5. The minimum absolute atomic E-state index is 0.00824. The highest BCUT2D eigenvalue weighted by Gasteiger charge is 2.71. The Labute approximate surface area is 579 Å². The molecule has 0 aromatic carbocycles. The van der Waals surface area contributed by atoms with Gasteiger partial charge in [0.05, 0.1) is 63.6 Å². The van der Waals surface area contributed by atoms with E-state index in [2.05, 4.69) is 33.8 Å². The van der Waals surface area contributed by atoms with Crippen molar-refractivity contribution in [1.82, 2.24) is 0 Å². The lowest BCUT2D eigenvalue weighted by molar-refractivity contribution is -0.391. The van der Waals surface area contributed by atoms with Crippen molar-refractivity contribution < 1.29 is 169 Å². The van der Waals surface area contributed by atoms with E-state index in [0.717, 1.165) is 18.4 Å². The van der Waals surface area contributed by atoms with Gasteiger partial charge in [0.15, 0.2) is 37.7 Å². The van der Waals surface area contributed by atoms with Crippen LogP contribution >= 0.6 is 0 Å². The van der Waals surface area contributed by atoms with Crippen molar-refractivity contribution in [3.05, 3.63) is 11.6 Å². The average molecular weight is 1450 g/mol. The molecule has 10 aliphatic rings. The van der Waals surface area contributed by atoms with E-state index in [1.807, 2.05) is 13.8 Å². The molecule has 34 nitrogen and oxygen atoms in total. The average Bonchev–Trinajstić information content (AvgIpc) is 1.28. The molecular formula is C66H112O34. The summed E-state index contributed by atoms with van der Waals surface area (Å²) in [5.41, 5.74) is -2.75. The summed E-state index contributed by atoms with van der Waals surface area (Å²) in [4.78, 5) is 0. The highest BCUT2D eigenvalue weighted by atomic mass is 16.8. The summed E-state index contributed by atoms with van der Waals surface area (Å²) in [5, 5.41) is 239. The summed E-state index contributed by atoms with van der Waals surface area (Å²) in [6.07, 6.45) is -48.5. The minimum atomic E-state index is -2.14. The zero-order chi connectivity index (χ0) is 73.5. The van der Waals surface area contributed by atoms with E-state index in [4.69, 9.17) is 56.8 Å². The van der Waals surface area contributed by atoms with Crippen LogP contribution in [0.4, 0.5) is 0 Å². The van der Waals surface area contributed by atoms with Crippen LogP contribution in [0.15, 0.2) is 11.6 Å². The molecule has 0 aromatic heterocycles. The summed E-state index contributed by atoms with van der Waals surface area (Å²) in [7, 11) is 0. The molecule has 4 aliphatic carbocycles. The molecule has 580 valence electrons. The molecular weight excluding hydrogens is 1340 g/mol. The molecule has 6 heterocycles. The van der Waals surface area contributed by atoms with E-state index >= 15 is 0 Å². The zero-order valence-electron chi connectivity index (χ0n) is 57.6. The third-order valence-corrected chi connectivity index (χ3v) is 25.0. The number of ether oxygens (including phenoxy) is 12. The molecule has 100 heavy (non-hydrogen) atoms. The molecule has 22 N–H and O–H groups in total. The Hall–Kier alpha value is -1.62. The molecule has 34 heteroatoms. The Morgan fingerprint density at radius 3 is 1.37 bits per heavy atom. The molecule has 6 aliphatic heterocycles. The highest BCUT2D eigenvalue weighted by molar-refractivity contribution is 5.32. The maximum atomic E-state index is 12.9. The van der Waals surface area contributed by atoms with Crippen molar-refractivity contribution in [2.75, 3.05) is 39.6 Å². The van der Waals surface area contributed by atoms with E-state index in [1.165, 1.54) is 13.8 Å². The number of aliphatic hydroxyl groups excluding tert-OH is 21. The number of hydrogen-bond acceptors (Lipinski definition) is 34. The van der Waals surface area contributed by atoms with Crippen LogP contribution in [0.2, 0.25) is 0 Å². The number of hydrogen-bond donors (Lipinski definition) is 22. The first-order valence-corrected chi connectivity index (χ1v) is 35.1.